The normalized spacial score (nSPS) is 26.4. The summed E-state index contributed by atoms with van der Waals surface area (Å²) >= 11 is 9.10. The molecule has 1 aliphatic carbocycles. The smallest absolute Gasteiger partial charge is 0.252 e. The second kappa shape index (κ2) is 5.13. The van der Waals surface area contributed by atoms with Gasteiger partial charge in [-0.25, -0.2) is 0 Å². The van der Waals surface area contributed by atoms with E-state index < -0.39 is 9.75 Å². The van der Waals surface area contributed by atoms with Gasteiger partial charge in [-0.1, -0.05) is 24.3 Å². The third kappa shape index (κ3) is 2.14. The van der Waals surface area contributed by atoms with Gasteiger partial charge in [0.2, 0.25) is 0 Å². The van der Waals surface area contributed by atoms with E-state index in [0.29, 0.717) is 5.57 Å². The van der Waals surface area contributed by atoms with Crippen LogP contribution >= 0.6 is 27.5 Å². The minimum Gasteiger partial charge on any atom is -0.372 e. The highest BCUT2D eigenvalue weighted by molar-refractivity contribution is 9.10. The number of rotatable bonds is 3. The van der Waals surface area contributed by atoms with Crippen molar-refractivity contribution >= 4 is 38.3 Å². The Balaban J connectivity index is 2.67. The van der Waals surface area contributed by atoms with Gasteiger partial charge in [0.25, 0.3) is 5.24 Å². The number of carbonyl (C=O) groups is 1. The standard InChI is InChI=1S/C13H12BrClO3/c1-17-11-9-6-4-3-5-8(9)10(12(15)16)7-13(11,14)18-2/h3-7,11H,1-2H3. The first-order valence-electron chi connectivity index (χ1n) is 5.32. The van der Waals surface area contributed by atoms with Gasteiger partial charge >= 0.3 is 0 Å². The number of halogens is 2. The fourth-order valence-electron chi connectivity index (χ4n) is 2.15. The highest BCUT2D eigenvalue weighted by Gasteiger charge is 2.42. The van der Waals surface area contributed by atoms with Crippen LogP contribution in [0.25, 0.3) is 5.57 Å². The lowest BCUT2D eigenvalue weighted by Gasteiger charge is -2.36. The molecule has 1 aliphatic rings. The van der Waals surface area contributed by atoms with E-state index in [2.05, 4.69) is 15.9 Å². The minimum absolute atomic E-state index is 0.349. The van der Waals surface area contributed by atoms with E-state index in [9.17, 15) is 4.79 Å². The summed E-state index contributed by atoms with van der Waals surface area (Å²) in [6, 6.07) is 7.48. The summed E-state index contributed by atoms with van der Waals surface area (Å²) in [7, 11) is 3.14. The summed E-state index contributed by atoms with van der Waals surface area (Å²) in [6.45, 7) is 0. The predicted molar refractivity (Wildman–Crippen MR) is 73.7 cm³/mol. The number of carbonyl (C=O) groups excluding carboxylic acids is 1. The van der Waals surface area contributed by atoms with Crippen molar-refractivity contribution in [3.8, 4) is 0 Å². The van der Waals surface area contributed by atoms with Crippen molar-refractivity contribution in [1.29, 1.82) is 0 Å². The molecule has 0 heterocycles. The maximum absolute atomic E-state index is 11.5. The van der Waals surface area contributed by atoms with E-state index in [1.165, 1.54) is 0 Å². The Hall–Kier alpha value is -0.680. The molecule has 5 heteroatoms. The molecule has 1 aromatic carbocycles. The van der Waals surface area contributed by atoms with Crippen LogP contribution in [0, 0.1) is 0 Å². The van der Waals surface area contributed by atoms with E-state index in [0.717, 1.165) is 11.1 Å². The number of methoxy groups -OCH3 is 2. The second-order valence-corrected chi connectivity index (χ2v) is 5.52. The zero-order valence-corrected chi connectivity index (χ0v) is 12.3. The van der Waals surface area contributed by atoms with Crippen LogP contribution in [0.1, 0.15) is 17.2 Å². The van der Waals surface area contributed by atoms with Gasteiger partial charge in [0.05, 0.1) is 0 Å². The third-order valence-electron chi connectivity index (χ3n) is 2.99. The molecule has 2 atom stereocenters. The number of fused-ring (bicyclic) bond motifs is 1. The Kier molecular flexibility index (Phi) is 3.92. The number of alkyl halides is 1. The van der Waals surface area contributed by atoms with Crippen LogP contribution in [0.15, 0.2) is 30.3 Å². The number of hydrogen-bond donors (Lipinski definition) is 0. The molecule has 96 valence electrons. The number of hydrogen-bond acceptors (Lipinski definition) is 3. The Bertz CT molecular complexity index is 515. The lowest BCUT2D eigenvalue weighted by atomic mass is 9.87. The summed E-state index contributed by atoms with van der Waals surface area (Å²) in [4.78, 5) is 11.5. The molecule has 0 aromatic heterocycles. The summed E-state index contributed by atoms with van der Waals surface area (Å²) in [5, 5.41) is -0.516. The molecule has 0 N–H and O–H groups in total. The van der Waals surface area contributed by atoms with Gasteiger partial charge < -0.3 is 9.47 Å². The van der Waals surface area contributed by atoms with Crippen molar-refractivity contribution < 1.29 is 14.3 Å². The molecular formula is C13H12BrClO3. The van der Waals surface area contributed by atoms with E-state index in [4.69, 9.17) is 21.1 Å². The van der Waals surface area contributed by atoms with Crippen molar-refractivity contribution in [2.75, 3.05) is 14.2 Å². The van der Waals surface area contributed by atoms with Crippen molar-refractivity contribution in [3.63, 3.8) is 0 Å². The van der Waals surface area contributed by atoms with E-state index >= 15 is 0 Å². The van der Waals surface area contributed by atoms with E-state index in [1.54, 1.807) is 20.3 Å². The first-order chi connectivity index (χ1) is 8.53. The Morgan fingerprint density at radius 1 is 1.39 bits per heavy atom. The van der Waals surface area contributed by atoms with Crippen LogP contribution in [0.5, 0.6) is 0 Å². The SMILES string of the molecule is COC1c2ccccc2C(C(=O)Cl)=CC1(Br)OC. The topological polar surface area (TPSA) is 35.5 Å². The molecule has 0 amide bonds. The average Bonchev–Trinajstić information content (AvgIpc) is 2.37. The first kappa shape index (κ1) is 13.7. The van der Waals surface area contributed by atoms with Gasteiger partial charge in [0.1, 0.15) is 6.10 Å². The Morgan fingerprint density at radius 2 is 2.06 bits per heavy atom. The van der Waals surface area contributed by atoms with Gasteiger partial charge in [-0.15, -0.1) is 0 Å². The predicted octanol–water partition coefficient (Wildman–Crippen LogP) is 3.27. The highest BCUT2D eigenvalue weighted by Crippen LogP contribution is 2.46. The van der Waals surface area contributed by atoms with Gasteiger partial charge in [-0.05, 0) is 44.7 Å². The summed E-state index contributed by atoms with van der Waals surface area (Å²) in [5.74, 6) is 0. The number of ether oxygens (including phenoxy) is 2. The number of benzene rings is 1. The zero-order chi connectivity index (χ0) is 13.3. The molecule has 0 radical (unpaired) electrons. The molecule has 1 aromatic rings. The Labute approximate surface area is 119 Å². The fourth-order valence-corrected chi connectivity index (χ4v) is 2.97. The monoisotopic (exact) mass is 330 g/mol. The maximum atomic E-state index is 11.5. The zero-order valence-electron chi connectivity index (χ0n) is 9.94. The van der Waals surface area contributed by atoms with Gasteiger partial charge in [-0.2, -0.15) is 0 Å². The summed E-state index contributed by atoms with van der Waals surface area (Å²) in [5.41, 5.74) is 2.06. The Morgan fingerprint density at radius 3 is 2.61 bits per heavy atom. The van der Waals surface area contributed by atoms with Crippen molar-refractivity contribution in [2.45, 2.75) is 10.6 Å². The van der Waals surface area contributed by atoms with Crippen LogP contribution < -0.4 is 0 Å². The average molecular weight is 332 g/mol. The molecule has 0 bridgehead atoms. The highest BCUT2D eigenvalue weighted by atomic mass is 79.9. The summed E-state index contributed by atoms with van der Waals surface area (Å²) < 4.78 is 10.0. The molecule has 0 spiro atoms. The molecule has 2 rings (SSSR count). The van der Waals surface area contributed by atoms with Crippen molar-refractivity contribution in [2.24, 2.45) is 0 Å². The third-order valence-corrected chi connectivity index (χ3v) is 4.16. The van der Waals surface area contributed by atoms with Crippen LogP contribution in [0.2, 0.25) is 0 Å². The van der Waals surface area contributed by atoms with Gasteiger partial charge in [-0.3, -0.25) is 4.79 Å². The van der Waals surface area contributed by atoms with Crippen LogP contribution in [-0.4, -0.2) is 24.0 Å². The minimum atomic E-state index is -0.893. The van der Waals surface area contributed by atoms with E-state index in [1.807, 2.05) is 24.3 Å². The van der Waals surface area contributed by atoms with Crippen molar-refractivity contribution in [1.82, 2.24) is 0 Å². The second-order valence-electron chi connectivity index (χ2n) is 3.94. The maximum Gasteiger partial charge on any atom is 0.252 e. The molecule has 0 fully saturated rings. The van der Waals surface area contributed by atoms with Crippen LogP contribution in [-0.2, 0) is 14.3 Å². The lowest BCUT2D eigenvalue weighted by molar-refractivity contribution is -0.107. The molecule has 0 aliphatic heterocycles. The van der Waals surface area contributed by atoms with E-state index in [-0.39, 0.29) is 6.10 Å². The molecule has 3 nitrogen and oxygen atoms in total. The quantitative estimate of drug-likeness (QED) is 0.630. The van der Waals surface area contributed by atoms with Crippen LogP contribution in [0.4, 0.5) is 0 Å². The van der Waals surface area contributed by atoms with Gasteiger partial charge in [0.15, 0.2) is 4.51 Å². The fraction of sp³-hybridized carbons (Fsp3) is 0.308. The molecular weight excluding hydrogens is 319 g/mol. The molecule has 18 heavy (non-hydrogen) atoms. The van der Waals surface area contributed by atoms with Crippen molar-refractivity contribution in [3.05, 3.63) is 41.5 Å². The van der Waals surface area contributed by atoms with Gasteiger partial charge in [0, 0.05) is 19.8 Å². The summed E-state index contributed by atoms with van der Waals surface area (Å²) in [6.07, 6.45) is 1.30. The van der Waals surface area contributed by atoms with Crippen LogP contribution in [0.3, 0.4) is 0 Å². The molecule has 2 unspecified atom stereocenters. The largest absolute Gasteiger partial charge is 0.372 e. The first-order valence-corrected chi connectivity index (χ1v) is 6.49. The molecule has 0 saturated heterocycles. The molecule has 0 saturated carbocycles. The number of allylic oxidation sites excluding steroid dienone is 1. The lowest BCUT2D eigenvalue weighted by Crippen LogP contribution is -2.35.